The second-order valence-corrected chi connectivity index (χ2v) is 6.38. The van der Waals surface area contributed by atoms with E-state index in [2.05, 4.69) is 25.9 Å². The molecule has 0 atom stereocenters. The van der Waals surface area contributed by atoms with E-state index in [0.717, 1.165) is 23.3 Å². The summed E-state index contributed by atoms with van der Waals surface area (Å²) in [6, 6.07) is 5.40. The van der Waals surface area contributed by atoms with Gasteiger partial charge in [-0.05, 0) is 23.6 Å². The van der Waals surface area contributed by atoms with Gasteiger partial charge >= 0.3 is 0 Å². The zero-order valence-corrected chi connectivity index (χ0v) is 12.9. The molecule has 0 aliphatic carbocycles. The maximum absolute atomic E-state index is 6.08. The zero-order valence-electron chi connectivity index (χ0n) is 12.2. The van der Waals surface area contributed by atoms with Crippen molar-refractivity contribution >= 4 is 17.4 Å². The van der Waals surface area contributed by atoms with Crippen LogP contribution >= 0.6 is 11.6 Å². The number of benzene rings is 1. The van der Waals surface area contributed by atoms with E-state index in [0.29, 0.717) is 16.6 Å². The first-order chi connectivity index (χ1) is 9.31. The molecule has 20 heavy (non-hydrogen) atoms. The summed E-state index contributed by atoms with van der Waals surface area (Å²) in [7, 11) is 1.61. The van der Waals surface area contributed by atoms with Gasteiger partial charge < -0.3 is 15.0 Å². The van der Waals surface area contributed by atoms with Crippen LogP contribution in [0.25, 0.3) is 11.1 Å². The van der Waals surface area contributed by atoms with Gasteiger partial charge in [0.15, 0.2) is 5.82 Å². The lowest BCUT2D eigenvalue weighted by molar-refractivity contribution is 0.322. The largest absolute Gasteiger partial charge is 0.496 e. The van der Waals surface area contributed by atoms with Crippen LogP contribution in [0, 0.1) is 5.41 Å². The van der Waals surface area contributed by atoms with Crippen LogP contribution in [-0.2, 0) is 6.42 Å². The molecular formula is C15H19ClN2O2. The topological polar surface area (TPSA) is 61.3 Å². The second-order valence-electron chi connectivity index (χ2n) is 5.95. The Morgan fingerprint density at radius 1 is 1.35 bits per heavy atom. The van der Waals surface area contributed by atoms with E-state index >= 15 is 0 Å². The normalized spacial score (nSPS) is 11.7. The summed E-state index contributed by atoms with van der Waals surface area (Å²) < 4.78 is 10.8. The summed E-state index contributed by atoms with van der Waals surface area (Å²) in [6.45, 7) is 6.39. The summed E-state index contributed by atoms with van der Waals surface area (Å²) >= 11 is 6.08. The number of hydrogen-bond acceptors (Lipinski definition) is 4. The summed E-state index contributed by atoms with van der Waals surface area (Å²) in [5, 5.41) is 4.50. The van der Waals surface area contributed by atoms with E-state index in [1.807, 2.05) is 12.1 Å². The first-order valence-corrected chi connectivity index (χ1v) is 6.77. The lowest BCUT2D eigenvalue weighted by Crippen LogP contribution is -2.09. The third kappa shape index (κ3) is 3.07. The van der Waals surface area contributed by atoms with Crippen LogP contribution in [0.3, 0.4) is 0 Å². The van der Waals surface area contributed by atoms with Gasteiger partial charge in [-0.1, -0.05) is 37.5 Å². The summed E-state index contributed by atoms with van der Waals surface area (Å²) in [5.74, 6) is 1.79. The van der Waals surface area contributed by atoms with Crippen molar-refractivity contribution in [1.82, 2.24) is 5.16 Å². The number of hydrogen-bond donors (Lipinski definition) is 1. The van der Waals surface area contributed by atoms with E-state index in [-0.39, 0.29) is 5.41 Å². The molecule has 0 saturated carbocycles. The van der Waals surface area contributed by atoms with Crippen LogP contribution in [0.15, 0.2) is 22.7 Å². The summed E-state index contributed by atoms with van der Waals surface area (Å²) in [6.07, 6.45) is 0.724. The fourth-order valence-electron chi connectivity index (χ4n) is 2.10. The second kappa shape index (κ2) is 5.37. The Morgan fingerprint density at radius 2 is 2.05 bits per heavy atom. The Labute approximate surface area is 123 Å². The van der Waals surface area contributed by atoms with E-state index < -0.39 is 0 Å². The molecule has 0 aliphatic rings. The maximum atomic E-state index is 6.08. The van der Waals surface area contributed by atoms with Crippen LogP contribution in [0.2, 0.25) is 5.02 Å². The van der Waals surface area contributed by atoms with Crippen LogP contribution in [0.1, 0.15) is 26.5 Å². The van der Waals surface area contributed by atoms with Gasteiger partial charge in [-0.15, -0.1) is 0 Å². The lowest BCUT2D eigenvalue weighted by Gasteiger charge is -2.17. The molecule has 2 aromatic rings. The Morgan fingerprint density at radius 3 is 2.65 bits per heavy atom. The van der Waals surface area contributed by atoms with Crippen molar-refractivity contribution in [3.63, 3.8) is 0 Å². The third-order valence-electron chi connectivity index (χ3n) is 2.91. The Balaban J connectivity index is 2.58. The van der Waals surface area contributed by atoms with Crippen molar-refractivity contribution in [3.8, 4) is 16.9 Å². The quantitative estimate of drug-likeness (QED) is 0.922. The molecule has 2 N–H and O–H groups in total. The average molecular weight is 295 g/mol. The van der Waals surface area contributed by atoms with Crippen LogP contribution in [0.4, 0.5) is 5.82 Å². The molecule has 5 heteroatoms. The van der Waals surface area contributed by atoms with Crippen LogP contribution in [0.5, 0.6) is 5.75 Å². The van der Waals surface area contributed by atoms with Gasteiger partial charge in [-0.3, -0.25) is 0 Å². The predicted molar refractivity (Wildman–Crippen MR) is 81.1 cm³/mol. The molecule has 2 rings (SSSR count). The number of nitrogens with zero attached hydrogens (tertiary/aromatic N) is 1. The molecule has 0 saturated heterocycles. The van der Waals surface area contributed by atoms with E-state index in [9.17, 15) is 0 Å². The highest BCUT2D eigenvalue weighted by Gasteiger charge is 2.23. The molecule has 0 fully saturated rings. The number of nitrogens with two attached hydrogens (primary N) is 1. The van der Waals surface area contributed by atoms with Crippen molar-refractivity contribution < 1.29 is 9.26 Å². The molecule has 0 unspecified atom stereocenters. The minimum absolute atomic E-state index is 0.0620. The zero-order chi connectivity index (χ0) is 14.9. The predicted octanol–water partition coefficient (Wildman–Crippen LogP) is 4.17. The van der Waals surface area contributed by atoms with Crippen LogP contribution < -0.4 is 10.5 Å². The minimum atomic E-state index is 0.0620. The van der Waals surface area contributed by atoms with Gasteiger partial charge in [-0.2, -0.15) is 0 Å². The minimum Gasteiger partial charge on any atom is -0.496 e. The number of rotatable bonds is 3. The smallest absolute Gasteiger partial charge is 0.175 e. The van der Waals surface area contributed by atoms with E-state index in [1.165, 1.54) is 0 Å². The number of ether oxygens (including phenoxy) is 1. The summed E-state index contributed by atoms with van der Waals surface area (Å²) in [5.41, 5.74) is 7.59. The van der Waals surface area contributed by atoms with Gasteiger partial charge in [0.25, 0.3) is 0 Å². The van der Waals surface area contributed by atoms with Crippen molar-refractivity contribution in [3.05, 3.63) is 29.0 Å². The number of methoxy groups -OCH3 is 1. The standard InChI is InChI=1S/C15H19ClN2O2/c1-15(2,3)8-12-13(14(17)18-20-12)10-7-9(16)5-6-11(10)19-4/h5-7H,8H2,1-4H3,(H2,17,18). The van der Waals surface area contributed by atoms with Crippen molar-refractivity contribution in [2.75, 3.05) is 12.8 Å². The maximum Gasteiger partial charge on any atom is 0.175 e. The fraction of sp³-hybridized carbons (Fsp3) is 0.400. The monoisotopic (exact) mass is 294 g/mol. The Hall–Kier alpha value is -1.68. The highest BCUT2D eigenvalue weighted by molar-refractivity contribution is 6.31. The number of nitrogen functional groups attached to an aromatic ring is 1. The molecule has 1 aromatic carbocycles. The van der Waals surface area contributed by atoms with Crippen molar-refractivity contribution in [2.45, 2.75) is 27.2 Å². The van der Waals surface area contributed by atoms with E-state index in [1.54, 1.807) is 13.2 Å². The molecule has 1 heterocycles. The highest BCUT2D eigenvalue weighted by atomic mass is 35.5. The molecule has 1 aromatic heterocycles. The molecule has 108 valence electrons. The molecule has 0 bridgehead atoms. The molecule has 0 spiro atoms. The molecule has 0 aliphatic heterocycles. The van der Waals surface area contributed by atoms with Crippen molar-refractivity contribution in [2.24, 2.45) is 5.41 Å². The van der Waals surface area contributed by atoms with Gasteiger partial charge in [0.05, 0.1) is 12.7 Å². The third-order valence-corrected chi connectivity index (χ3v) is 3.15. The number of halogens is 1. The van der Waals surface area contributed by atoms with Gasteiger partial charge in [0.1, 0.15) is 11.5 Å². The summed E-state index contributed by atoms with van der Waals surface area (Å²) in [4.78, 5) is 0. The molecule has 0 radical (unpaired) electrons. The first-order valence-electron chi connectivity index (χ1n) is 6.40. The van der Waals surface area contributed by atoms with Crippen molar-refractivity contribution in [1.29, 1.82) is 0 Å². The van der Waals surface area contributed by atoms with E-state index in [4.69, 9.17) is 26.6 Å². The van der Waals surface area contributed by atoms with Gasteiger partial charge in [-0.25, -0.2) is 0 Å². The average Bonchev–Trinajstić information content (AvgIpc) is 2.68. The molecule has 0 amide bonds. The van der Waals surface area contributed by atoms with Crippen LogP contribution in [-0.4, -0.2) is 12.3 Å². The first kappa shape index (κ1) is 14.7. The molecule has 4 nitrogen and oxygen atoms in total. The van der Waals surface area contributed by atoms with Gasteiger partial charge in [0, 0.05) is 17.0 Å². The SMILES string of the molecule is COc1ccc(Cl)cc1-c1c(N)noc1CC(C)(C)C. The lowest BCUT2D eigenvalue weighted by atomic mass is 9.88. The highest BCUT2D eigenvalue weighted by Crippen LogP contribution is 2.39. The van der Waals surface area contributed by atoms with Gasteiger partial charge in [0.2, 0.25) is 0 Å². The Bertz CT molecular complexity index is 615. The molecular weight excluding hydrogens is 276 g/mol. The number of anilines is 1. The Kier molecular flexibility index (Phi) is 3.95. The fourth-order valence-corrected chi connectivity index (χ4v) is 2.28. The number of aromatic nitrogens is 1.